The molecule has 0 amide bonds. The first kappa shape index (κ1) is 15.2. The molecule has 0 radical (unpaired) electrons. The van der Waals surface area contributed by atoms with Crippen molar-refractivity contribution in [3.63, 3.8) is 0 Å². The van der Waals surface area contributed by atoms with E-state index in [9.17, 15) is 13.6 Å². The Balaban J connectivity index is 1.86. The van der Waals surface area contributed by atoms with E-state index in [-0.39, 0.29) is 23.6 Å². The van der Waals surface area contributed by atoms with Crippen LogP contribution in [0.15, 0.2) is 36.2 Å². The van der Waals surface area contributed by atoms with E-state index in [0.717, 1.165) is 0 Å². The number of benzene rings is 1. The SMILES string of the molecule is N#CC(F)=C[C@H]1CC[C@H](C(=O)Oc2ccc(F)cc2)CC1. The van der Waals surface area contributed by atoms with Crippen molar-refractivity contribution in [1.29, 1.82) is 5.26 Å². The van der Waals surface area contributed by atoms with Gasteiger partial charge in [-0.05, 0) is 61.9 Å². The summed E-state index contributed by atoms with van der Waals surface area (Å²) >= 11 is 0. The number of halogens is 2. The molecule has 0 aliphatic heterocycles. The molecule has 0 bridgehead atoms. The summed E-state index contributed by atoms with van der Waals surface area (Å²) in [6.45, 7) is 0. The minimum Gasteiger partial charge on any atom is -0.426 e. The van der Waals surface area contributed by atoms with Gasteiger partial charge in [-0.2, -0.15) is 9.65 Å². The zero-order valence-electron chi connectivity index (χ0n) is 11.4. The Morgan fingerprint density at radius 3 is 2.43 bits per heavy atom. The Kier molecular flexibility index (Phi) is 5.04. The second-order valence-corrected chi connectivity index (χ2v) is 5.11. The molecule has 5 heteroatoms. The van der Waals surface area contributed by atoms with E-state index in [0.29, 0.717) is 31.4 Å². The van der Waals surface area contributed by atoms with Gasteiger partial charge in [0.25, 0.3) is 0 Å². The summed E-state index contributed by atoms with van der Waals surface area (Å²) in [6.07, 6.45) is 3.82. The third kappa shape index (κ3) is 4.38. The van der Waals surface area contributed by atoms with Crippen LogP contribution in [0.2, 0.25) is 0 Å². The molecule has 0 aromatic heterocycles. The van der Waals surface area contributed by atoms with Gasteiger partial charge >= 0.3 is 5.97 Å². The molecule has 21 heavy (non-hydrogen) atoms. The third-order valence-electron chi connectivity index (χ3n) is 3.63. The lowest BCUT2D eigenvalue weighted by Crippen LogP contribution is -2.25. The number of carbonyl (C=O) groups excluding carboxylic acids is 1. The van der Waals surface area contributed by atoms with Crippen molar-refractivity contribution in [2.24, 2.45) is 11.8 Å². The van der Waals surface area contributed by atoms with Gasteiger partial charge in [-0.15, -0.1) is 0 Å². The number of nitriles is 1. The number of allylic oxidation sites excluding steroid dienone is 2. The molecule has 0 heterocycles. The molecule has 0 atom stereocenters. The van der Waals surface area contributed by atoms with Gasteiger partial charge in [0.15, 0.2) is 5.83 Å². The molecule has 1 aromatic carbocycles. The molecule has 0 N–H and O–H groups in total. The van der Waals surface area contributed by atoms with Crippen molar-refractivity contribution in [3.05, 3.63) is 42.0 Å². The summed E-state index contributed by atoms with van der Waals surface area (Å²) in [5, 5.41) is 8.40. The first-order valence-corrected chi connectivity index (χ1v) is 6.83. The zero-order chi connectivity index (χ0) is 15.2. The highest BCUT2D eigenvalue weighted by Gasteiger charge is 2.27. The Labute approximate surface area is 121 Å². The second-order valence-electron chi connectivity index (χ2n) is 5.11. The van der Waals surface area contributed by atoms with Gasteiger partial charge in [0.1, 0.15) is 17.6 Å². The van der Waals surface area contributed by atoms with Crippen LogP contribution < -0.4 is 4.74 Å². The van der Waals surface area contributed by atoms with E-state index in [4.69, 9.17) is 10.00 Å². The molecular formula is C16H15F2NO2. The molecule has 1 aromatic rings. The largest absolute Gasteiger partial charge is 0.426 e. The Hall–Kier alpha value is -2.22. The van der Waals surface area contributed by atoms with Gasteiger partial charge in [-0.3, -0.25) is 4.79 Å². The van der Waals surface area contributed by atoms with Crippen LogP contribution in [-0.4, -0.2) is 5.97 Å². The molecule has 1 fully saturated rings. The fourth-order valence-corrected chi connectivity index (χ4v) is 2.47. The minimum absolute atomic E-state index is 0.000443. The average molecular weight is 291 g/mol. The van der Waals surface area contributed by atoms with Crippen LogP contribution in [0.1, 0.15) is 25.7 Å². The van der Waals surface area contributed by atoms with Gasteiger partial charge in [-0.1, -0.05) is 0 Å². The number of esters is 1. The summed E-state index contributed by atoms with van der Waals surface area (Å²) in [5.41, 5.74) is 0. The minimum atomic E-state index is -0.771. The van der Waals surface area contributed by atoms with Crippen LogP contribution in [0.5, 0.6) is 5.75 Å². The second kappa shape index (κ2) is 6.98. The highest BCUT2D eigenvalue weighted by Crippen LogP contribution is 2.31. The lowest BCUT2D eigenvalue weighted by atomic mass is 9.82. The van der Waals surface area contributed by atoms with E-state index in [1.54, 1.807) is 0 Å². The van der Waals surface area contributed by atoms with Gasteiger partial charge in [0.05, 0.1) is 5.92 Å². The predicted octanol–water partition coefficient (Wildman–Crippen LogP) is 3.91. The highest BCUT2D eigenvalue weighted by atomic mass is 19.1. The number of nitrogens with zero attached hydrogens (tertiary/aromatic N) is 1. The average Bonchev–Trinajstić information content (AvgIpc) is 2.50. The summed E-state index contributed by atoms with van der Waals surface area (Å²) in [4.78, 5) is 12.0. The van der Waals surface area contributed by atoms with Crippen LogP contribution >= 0.6 is 0 Å². The van der Waals surface area contributed by atoms with Crippen LogP contribution in [-0.2, 0) is 4.79 Å². The number of carbonyl (C=O) groups is 1. The summed E-state index contributed by atoms with van der Waals surface area (Å²) in [6, 6.07) is 6.73. The monoisotopic (exact) mass is 291 g/mol. The van der Waals surface area contributed by atoms with E-state index >= 15 is 0 Å². The van der Waals surface area contributed by atoms with Crippen molar-refractivity contribution >= 4 is 5.97 Å². The van der Waals surface area contributed by atoms with E-state index in [1.807, 2.05) is 0 Å². The number of ether oxygens (including phenoxy) is 1. The fourth-order valence-electron chi connectivity index (χ4n) is 2.47. The smallest absolute Gasteiger partial charge is 0.314 e. The van der Waals surface area contributed by atoms with Crippen molar-refractivity contribution in [2.45, 2.75) is 25.7 Å². The maximum Gasteiger partial charge on any atom is 0.314 e. The first-order valence-electron chi connectivity index (χ1n) is 6.83. The maximum absolute atomic E-state index is 12.9. The Morgan fingerprint density at radius 2 is 1.86 bits per heavy atom. The molecule has 0 saturated heterocycles. The summed E-state index contributed by atoms with van der Waals surface area (Å²) in [5.74, 6) is -1.41. The molecule has 0 spiro atoms. The number of hydrogen-bond donors (Lipinski definition) is 0. The maximum atomic E-state index is 12.9. The molecule has 1 aliphatic carbocycles. The number of rotatable bonds is 3. The first-order chi connectivity index (χ1) is 10.1. The standard InChI is InChI=1S/C16H15F2NO2/c17-13-5-7-15(8-6-13)21-16(20)12-3-1-11(2-4-12)9-14(18)10-19/h5-9,11-12H,1-4H2/t11-,12-. The van der Waals surface area contributed by atoms with Crippen molar-refractivity contribution < 1.29 is 18.3 Å². The summed E-state index contributed by atoms with van der Waals surface area (Å²) < 4.78 is 30.8. The van der Waals surface area contributed by atoms with Crippen LogP contribution in [0.25, 0.3) is 0 Å². The molecule has 1 aliphatic rings. The molecule has 110 valence electrons. The van der Waals surface area contributed by atoms with Crippen molar-refractivity contribution in [2.75, 3.05) is 0 Å². The lowest BCUT2D eigenvalue weighted by Gasteiger charge is -2.25. The van der Waals surface area contributed by atoms with Gasteiger partial charge in [0, 0.05) is 0 Å². The zero-order valence-corrected chi connectivity index (χ0v) is 11.4. The molecule has 3 nitrogen and oxygen atoms in total. The molecular weight excluding hydrogens is 276 g/mol. The topological polar surface area (TPSA) is 50.1 Å². The lowest BCUT2D eigenvalue weighted by molar-refractivity contribution is -0.140. The van der Waals surface area contributed by atoms with Crippen LogP contribution in [0.3, 0.4) is 0 Å². The predicted molar refractivity (Wildman–Crippen MR) is 72.3 cm³/mol. The third-order valence-corrected chi connectivity index (χ3v) is 3.63. The van der Waals surface area contributed by atoms with Crippen molar-refractivity contribution in [1.82, 2.24) is 0 Å². The van der Waals surface area contributed by atoms with Crippen LogP contribution in [0.4, 0.5) is 8.78 Å². The van der Waals surface area contributed by atoms with E-state index < -0.39 is 5.83 Å². The highest BCUT2D eigenvalue weighted by molar-refractivity contribution is 5.75. The van der Waals surface area contributed by atoms with E-state index in [1.165, 1.54) is 36.4 Å². The normalized spacial score (nSPS) is 22.4. The van der Waals surface area contributed by atoms with Gasteiger partial charge in [0.2, 0.25) is 0 Å². The fraction of sp³-hybridized carbons (Fsp3) is 0.375. The van der Waals surface area contributed by atoms with Gasteiger partial charge in [-0.25, -0.2) is 4.39 Å². The van der Waals surface area contributed by atoms with Crippen LogP contribution in [0, 0.1) is 29.0 Å². The Morgan fingerprint density at radius 1 is 1.24 bits per heavy atom. The summed E-state index contributed by atoms with van der Waals surface area (Å²) in [7, 11) is 0. The number of hydrogen-bond acceptors (Lipinski definition) is 3. The Bertz CT molecular complexity index is 567. The van der Waals surface area contributed by atoms with Crippen molar-refractivity contribution in [3.8, 4) is 11.8 Å². The quantitative estimate of drug-likeness (QED) is 0.482. The molecule has 1 saturated carbocycles. The molecule has 2 rings (SSSR count). The van der Waals surface area contributed by atoms with E-state index in [2.05, 4.69) is 0 Å². The van der Waals surface area contributed by atoms with Gasteiger partial charge < -0.3 is 4.74 Å². The molecule has 0 unspecified atom stereocenters.